The molecule has 0 saturated heterocycles. The summed E-state index contributed by atoms with van der Waals surface area (Å²) in [6, 6.07) is 9.99. The molecule has 0 spiro atoms. The van der Waals surface area contributed by atoms with E-state index in [1.54, 1.807) is 36.4 Å². The molecule has 5 nitrogen and oxygen atoms in total. The highest BCUT2D eigenvalue weighted by Crippen LogP contribution is 2.31. The van der Waals surface area contributed by atoms with Crippen molar-refractivity contribution in [2.24, 2.45) is 0 Å². The molecule has 4 N–H and O–H groups in total. The zero-order valence-electron chi connectivity index (χ0n) is 11.1. The number of hydrogen-bond acceptors (Lipinski definition) is 5. The minimum Gasteiger partial charge on any atom is -0.383 e. The summed E-state index contributed by atoms with van der Waals surface area (Å²) in [5, 5.41) is 1.25. The maximum Gasteiger partial charge on any atom is 0.222 e. The van der Waals surface area contributed by atoms with Gasteiger partial charge in [0, 0.05) is 4.90 Å². The van der Waals surface area contributed by atoms with E-state index in [2.05, 4.69) is 9.97 Å². The molecule has 1 heterocycles. The first-order chi connectivity index (χ1) is 10.5. The predicted octanol–water partition coefficient (Wildman–Crippen LogP) is 3.27. The summed E-state index contributed by atoms with van der Waals surface area (Å²) in [4.78, 5) is 9.05. The molecular formula is C14H10Cl2N4OS. The Morgan fingerprint density at radius 3 is 2.50 bits per heavy atom. The van der Waals surface area contributed by atoms with Crippen molar-refractivity contribution in [3.05, 3.63) is 46.4 Å². The molecule has 2 aromatic carbocycles. The van der Waals surface area contributed by atoms with Gasteiger partial charge in [-0.25, -0.2) is 9.19 Å². The average molecular weight is 353 g/mol. The van der Waals surface area contributed by atoms with Crippen LogP contribution in [0.3, 0.4) is 0 Å². The average Bonchev–Trinajstić information content (AvgIpc) is 2.48. The lowest BCUT2D eigenvalue weighted by Gasteiger charge is -2.09. The molecule has 22 heavy (non-hydrogen) atoms. The van der Waals surface area contributed by atoms with Crippen molar-refractivity contribution in [3.63, 3.8) is 0 Å². The lowest BCUT2D eigenvalue weighted by Crippen LogP contribution is -2.03. The Morgan fingerprint density at radius 1 is 1.00 bits per heavy atom. The first-order valence-corrected chi connectivity index (χ1v) is 8.06. The minimum atomic E-state index is -1.50. The topological polar surface area (TPSA) is 94.9 Å². The van der Waals surface area contributed by atoms with Crippen LogP contribution < -0.4 is 11.5 Å². The molecule has 0 aliphatic carbocycles. The monoisotopic (exact) mass is 352 g/mol. The van der Waals surface area contributed by atoms with Crippen LogP contribution in [0.15, 0.2) is 46.2 Å². The Balaban J connectivity index is 2.21. The highest BCUT2D eigenvalue weighted by molar-refractivity contribution is 7.85. The fraction of sp³-hybridized carbons (Fsp3) is 0. The molecule has 0 aliphatic heterocycles. The maximum absolute atomic E-state index is 12.8. The molecule has 0 amide bonds. The van der Waals surface area contributed by atoms with E-state index in [1.165, 1.54) is 0 Å². The zero-order valence-corrected chi connectivity index (χ0v) is 13.4. The molecule has 0 saturated carbocycles. The van der Waals surface area contributed by atoms with Crippen LogP contribution in [-0.2, 0) is 10.8 Å². The van der Waals surface area contributed by atoms with Gasteiger partial charge in [-0.15, -0.1) is 0 Å². The Hall–Kier alpha value is -1.89. The third-order valence-electron chi connectivity index (χ3n) is 3.04. The van der Waals surface area contributed by atoms with E-state index >= 15 is 0 Å². The van der Waals surface area contributed by atoms with E-state index in [4.69, 9.17) is 34.7 Å². The van der Waals surface area contributed by atoms with Crippen molar-refractivity contribution in [1.82, 2.24) is 9.97 Å². The predicted molar refractivity (Wildman–Crippen MR) is 89.5 cm³/mol. The van der Waals surface area contributed by atoms with E-state index in [9.17, 15) is 4.21 Å². The molecule has 0 bridgehead atoms. The summed E-state index contributed by atoms with van der Waals surface area (Å²) >= 11 is 11.9. The van der Waals surface area contributed by atoms with Gasteiger partial charge in [0.1, 0.15) is 5.82 Å². The van der Waals surface area contributed by atoms with Gasteiger partial charge in [-0.2, -0.15) is 4.98 Å². The third kappa shape index (κ3) is 2.61. The van der Waals surface area contributed by atoms with E-state index < -0.39 is 10.8 Å². The molecule has 0 fully saturated rings. The van der Waals surface area contributed by atoms with Gasteiger partial charge in [0.05, 0.1) is 36.6 Å². The van der Waals surface area contributed by atoms with Crippen molar-refractivity contribution in [1.29, 1.82) is 0 Å². The number of anilines is 2. The number of aromatic nitrogens is 2. The summed E-state index contributed by atoms with van der Waals surface area (Å²) in [5.41, 5.74) is 12.0. The van der Waals surface area contributed by atoms with Gasteiger partial charge in [-0.05, 0) is 30.3 Å². The van der Waals surface area contributed by atoms with Gasteiger partial charge in [-0.1, -0.05) is 29.3 Å². The van der Waals surface area contributed by atoms with E-state index in [-0.39, 0.29) is 11.8 Å². The highest BCUT2D eigenvalue weighted by atomic mass is 35.5. The normalized spacial score (nSPS) is 12.5. The van der Waals surface area contributed by atoms with Crippen LogP contribution in [0.5, 0.6) is 0 Å². The summed E-state index contributed by atoms with van der Waals surface area (Å²) in [6.45, 7) is 0. The van der Waals surface area contributed by atoms with Crippen LogP contribution in [0.2, 0.25) is 10.0 Å². The largest absolute Gasteiger partial charge is 0.383 e. The number of rotatable bonds is 2. The maximum atomic E-state index is 12.8. The number of nitrogen functional groups attached to an aromatic ring is 2. The van der Waals surface area contributed by atoms with Crippen LogP contribution in [0, 0.1) is 0 Å². The quantitative estimate of drug-likeness (QED) is 0.737. The second-order valence-electron chi connectivity index (χ2n) is 4.46. The van der Waals surface area contributed by atoms with Crippen molar-refractivity contribution in [2.75, 3.05) is 11.5 Å². The van der Waals surface area contributed by atoms with Gasteiger partial charge in [0.15, 0.2) is 0 Å². The zero-order chi connectivity index (χ0) is 15.9. The summed E-state index contributed by atoms with van der Waals surface area (Å²) < 4.78 is 12.8. The van der Waals surface area contributed by atoms with E-state index in [1.807, 2.05) is 0 Å². The van der Waals surface area contributed by atoms with Crippen molar-refractivity contribution >= 4 is 56.7 Å². The number of halogens is 2. The van der Waals surface area contributed by atoms with Crippen LogP contribution in [0.1, 0.15) is 0 Å². The SMILES string of the molecule is Nc1nc(N)c2c([S@](=O)c3ccc(Cl)c(Cl)c3)cccc2n1. The van der Waals surface area contributed by atoms with Gasteiger partial charge in [-0.3, -0.25) is 0 Å². The molecule has 3 rings (SSSR count). The lowest BCUT2D eigenvalue weighted by atomic mass is 10.2. The highest BCUT2D eigenvalue weighted by Gasteiger charge is 2.16. The van der Waals surface area contributed by atoms with Crippen LogP contribution in [0.25, 0.3) is 10.9 Å². The number of benzene rings is 2. The molecule has 112 valence electrons. The standard InChI is InChI=1S/C14H10Cl2N4OS/c15-8-5-4-7(6-9(8)16)22(21)11-3-1-2-10-12(11)13(17)20-14(18)19-10/h1-6H,(H4,17,18,19,20)/t22-/m1/s1. The Kier molecular flexibility index (Phi) is 3.90. The van der Waals surface area contributed by atoms with Crippen molar-refractivity contribution in [3.8, 4) is 0 Å². The van der Waals surface area contributed by atoms with E-state index in [0.717, 1.165) is 0 Å². The van der Waals surface area contributed by atoms with Crippen molar-refractivity contribution < 1.29 is 4.21 Å². The van der Waals surface area contributed by atoms with Crippen LogP contribution in [-0.4, -0.2) is 14.2 Å². The molecule has 0 radical (unpaired) electrons. The van der Waals surface area contributed by atoms with E-state index in [0.29, 0.717) is 30.7 Å². The summed E-state index contributed by atoms with van der Waals surface area (Å²) in [7, 11) is -1.50. The lowest BCUT2D eigenvalue weighted by molar-refractivity contribution is 0.683. The van der Waals surface area contributed by atoms with Gasteiger partial charge in [0.25, 0.3) is 0 Å². The fourth-order valence-electron chi connectivity index (χ4n) is 2.07. The second kappa shape index (κ2) is 5.72. The van der Waals surface area contributed by atoms with Crippen molar-refractivity contribution in [2.45, 2.75) is 9.79 Å². The molecule has 8 heteroatoms. The second-order valence-corrected chi connectivity index (χ2v) is 6.73. The molecule has 3 aromatic rings. The summed E-state index contributed by atoms with van der Waals surface area (Å²) in [6.07, 6.45) is 0. The fourth-order valence-corrected chi connectivity index (χ4v) is 3.70. The molecule has 1 atom stereocenters. The first-order valence-electron chi connectivity index (χ1n) is 6.16. The number of nitrogens with two attached hydrogens (primary N) is 2. The van der Waals surface area contributed by atoms with Gasteiger partial charge < -0.3 is 11.5 Å². The third-order valence-corrected chi connectivity index (χ3v) is 5.20. The van der Waals surface area contributed by atoms with Gasteiger partial charge >= 0.3 is 0 Å². The molecule has 0 aliphatic rings. The molecular weight excluding hydrogens is 343 g/mol. The number of nitrogens with zero attached hydrogens (tertiary/aromatic N) is 2. The Morgan fingerprint density at radius 2 is 1.77 bits per heavy atom. The molecule has 1 aromatic heterocycles. The van der Waals surface area contributed by atoms with Gasteiger partial charge in [0.2, 0.25) is 5.95 Å². The number of hydrogen-bond donors (Lipinski definition) is 2. The smallest absolute Gasteiger partial charge is 0.222 e. The minimum absolute atomic E-state index is 0.0717. The molecule has 0 unspecified atom stereocenters. The number of fused-ring (bicyclic) bond motifs is 1. The van der Waals surface area contributed by atoms with Crippen LogP contribution >= 0.6 is 23.2 Å². The first kappa shape index (κ1) is 15.0. The Labute approximate surface area is 138 Å². The Bertz CT molecular complexity index is 917. The van der Waals surface area contributed by atoms with Crippen LogP contribution in [0.4, 0.5) is 11.8 Å². The summed E-state index contributed by atoms with van der Waals surface area (Å²) in [5.74, 6) is 0.258.